The van der Waals surface area contributed by atoms with Gasteiger partial charge in [-0.05, 0) is 50.6 Å². The Labute approximate surface area is 183 Å². The summed E-state index contributed by atoms with van der Waals surface area (Å²) in [5.74, 6) is 0.531. The number of nitrogens with zero attached hydrogens (tertiary/aromatic N) is 2. The van der Waals surface area contributed by atoms with Crippen molar-refractivity contribution in [3.05, 3.63) is 65.4 Å². The summed E-state index contributed by atoms with van der Waals surface area (Å²) < 4.78 is 11.3. The molecule has 1 saturated heterocycles. The Hall–Kier alpha value is -3.12. The van der Waals surface area contributed by atoms with Crippen molar-refractivity contribution in [3.63, 3.8) is 0 Å². The molecule has 1 aliphatic heterocycles. The van der Waals surface area contributed by atoms with Crippen LogP contribution in [0, 0.1) is 13.8 Å². The summed E-state index contributed by atoms with van der Waals surface area (Å²) in [6.45, 7) is 9.24. The van der Waals surface area contributed by atoms with Gasteiger partial charge in [-0.3, -0.25) is 9.78 Å². The minimum absolute atomic E-state index is 0.0390. The second kappa shape index (κ2) is 9.35. The molecule has 6 heteroatoms. The minimum atomic E-state index is -0.153. The van der Waals surface area contributed by atoms with E-state index in [2.05, 4.69) is 39.5 Å². The van der Waals surface area contributed by atoms with Crippen LogP contribution < -0.4 is 15.0 Å². The highest BCUT2D eigenvalue weighted by atomic mass is 16.5. The van der Waals surface area contributed by atoms with Gasteiger partial charge in [-0.1, -0.05) is 23.8 Å². The topological polar surface area (TPSA) is 63.7 Å². The van der Waals surface area contributed by atoms with E-state index in [0.717, 1.165) is 54.0 Å². The normalized spacial score (nSPS) is 15.0. The number of pyridine rings is 1. The monoisotopic (exact) mass is 419 g/mol. The summed E-state index contributed by atoms with van der Waals surface area (Å²) in [6, 6.07) is 16.2. The van der Waals surface area contributed by atoms with Crippen LogP contribution in [-0.2, 0) is 9.53 Å². The number of carbonyl (C=O) groups excluding carboxylic acids is 1. The van der Waals surface area contributed by atoms with Gasteiger partial charge in [0.05, 0.1) is 24.8 Å². The molecule has 2 heterocycles. The maximum atomic E-state index is 12.5. The fourth-order valence-electron chi connectivity index (χ4n) is 3.86. The van der Waals surface area contributed by atoms with Crippen LogP contribution >= 0.6 is 0 Å². The number of anilines is 1. The average molecular weight is 420 g/mol. The van der Waals surface area contributed by atoms with Crippen molar-refractivity contribution in [2.24, 2.45) is 0 Å². The van der Waals surface area contributed by atoms with Crippen molar-refractivity contribution in [1.29, 1.82) is 0 Å². The first-order valence-corrected chi connectivity index (χ1v) is 10.7. The predicted octanol–water partition coefficient (Wildman–Crippen LogP) is 3.94. The van der Waals surface area contributed by atoms with Gasteiger partial charge in [-0.25, -0.2) is 0 Å². The van der Waals surface area contributed by atoms with E-state index < -0.39 is 0 Å². The summed E-state index contributed by atoms with van der Waals surface area (Å²) in [4.78, 5) is 19.4. The zero-order chi connectivity index (χ0) is 21.8. The van der Waals surface area contributed by atoms with Crippen LogP contribution in [0.5, 0.6) is 5.75 Å². The third-order valence-electron chi connectivity index (χ3n) is 5.56. The van der Waals surface area contributed by atoms with Gasteiger partial charge >= 0.3 is 0 Å². The third-order valence-corrected chi connectivity index (χ3v) is 5.56. The van der Waals surface area contributed by atoms with Crippen molar-refractivity contribution in [2.45, 2.75) is 26.8 Å². The molecule has 0 spiro atoms. The molecule has 1 fully saturated rings. The van der Waals surface area contributed by atoms with Crippen LogP contribution in [0.15, 0.2) is 48.5 Å². The second-order valence-electron chi connectivity index (χ2n) is 8.05. The van der Waals surface area contributed by atoms with Gasteiger partial charge in [0.15, 0.2) is 6.61 Å². The Morgan fingerprint density at radius 3 is 2.61 bits per heavy atom. The standard InChI is InChI=1S/C25H29N3O3/c1-17-4-9-23-22(14-17)24(15-18(2)26-23)31-16-25(29)27-19(3)20-5-7-21(8-6-20)28-10-12-30-13-11-28/h4-9,14-15,19H,10-13,16H2,1-3H3,(H,27,29). The fraction of sp³-hybridized carbons (Fsp3) is 0.360. The number of nitrogens with one attached hydrogen (secondary N) is 1. The number of hydrogen-bond donors (Lipinski definition) is 1. The summed E-state index contributed by atoms with van der Waals surface area (Å²) in [7, 11) is 0. The van der Waals surface area contributed by atoms with Crippen LogP contribution in [-0.4, -0.2) is 43.8 Å². The molecule has 0 radical (unpaired) electrons. The Kier molecular flexibility index (Phi) is 6.37. The lowest BCUT2D eigenvalue weighted by Crippen LogP contribution is -2.36. The number of aryl methyl sites for hydroxylation is 2. The van der Waals surface area contributed by atoms with Crippen LogP contribution in [0.2, 0.25) is 0 Å². The highest BCUT2D eigenvalue weighted by Gasteiger charge is 2.14. The molecule has 1 aromatic heterocycles. The van der Waals surface area contributed by atoms with Gasteiger partial charge in [0.25, 0.3) is 5.91 Å². The summed E-state index contributed by atoms with van der Waals surface area (Å²) in [5, 5.41) is 3.95. The van der Waals surface area contributed by atoms with E-state index in [0.29, 0.717) is 5.75 Å². The molecule has 1 unspecified atom stereocenters. The van der Waals surface area contributed by atoms with Gasteiger partial charge in [-0.15, -0.1) is 0 Å². The smallest absolute Gasteiger partial charge is 0.258 e. The van der Waals surface area contributed by atoms with Crippen molar-refractivity contribution in [2.75, 3.05) is 37.8 Å². The zero-order valence-corrected chi connectivity index (χ0v) is 18.4. The Morgan fingerprint density at radius 2 is 1.87 bits per heavy atom. The highest BCUT2D eigenvalue weighted by molar-refractivity contribution is 5.86. The number of rotatable bonds is 6. The second-order valence-corrected chi connectivity index (χ2v) is 8.05. The number of ether oxygens (including phenoxy) is 2. The van der Waals surface area contributed by atoms with Crippen LogP contribution in [0.3, 0.4) is 0 Å². The van der Waals surface area contributed by atoms with E-state index in [1.165, 1.54) is 5.69 Å². The first kappa shape index (κ1) is 21.1. The molecule has 0 bridgehead atoms. The molecule has 6 nitrogen and oxygen atoms in total. The van der Waals surface area contributed by atoms with Gasteiger partial charge in [-0.2, -0.15) is 0 Å². The quantitative estimate of drug-likeness (QED) is 0.656. The predicted molar refractivity (Wildman–Crippen MR) is 123 cm³/mol. The molecule has 1 amide bonds. The van der Waals surface area contributed by atoms with Crippen LogP contribution in [0.25, 0.3) is 10.9 Å². The van der Waals surface area contributed by atoms with E-state index in [1.807, 2.05) is 45.0 Å². The first-order chi connectivity index (χ1) is 15.0. The van der Waals surface area contributed by atoms with E-state index in [-0.39, 0.29) is 18.6 Å². The lowest BCUT2D eigenvalue weighted by Gasteiger charge is -2.29. The first-order valence-electron chi connectivity index (χ1n) is 10.7. The van der Waals surface area contributed by atoms with Crippen molar-refractivity contribution < 1.29 is 14.3 Å². The van der Waals surface area contributed by atoms with Crippen molar-refractivity contribution in [1.82, 2.24) is 10.3 Å². The number of carbonyl (C=O) groups is 1. The molecule has 1 N–H and O–H groups in total. The molecule has 0 aliphatic carbocycles. The van der Waals surface area contributed by atoms with E-state index in [4.69, 9.17) is 9.47 Å². The molecular weight excluding hydrogens is 390 g/mol. The molecule has 31 heavy (non-hydrogen) atoms. The average Bonchev–Trinajstić information content (AvgIpc) is 2.78. The van der Waals surface area contributed by atoms with Crippen LogP contribution in [0.1, 0.15) is 29.8 Å². The molecule has 0 saturated carbocycles. The highest BCUT2D eigenvalue weighted by Crippen LogP contribution is 2.26. The number of fused-ring (bicyclic) bond motifs is 1. The zero-order valence-electron chi connectivity index (χ0n) is 18.4. The van der Waals surface area contributed by atoms with E-state index in [1.54, 1.807) is 0 Å². The number of aromatic nitrogens is 1. The minimum Gasteiger partial charge on any atom is -0.483 e. The Balaban J connectivity index is 1.37. The van der Waals surface area contributed by atoms with Crippen LogP contribution in [0.4, 0.5) is 5.69 Å². The molecule has 3 aromatic rings. The van der Waals surface area contributed by atoms with Gasteiger partial charge < -0.3 is 19.7 Å². The SMILES string of the molecule is Cc1ccc2nc(C)cc(OCC(=O)NC(C)c3ccc(N4CCOCC4)cc3)c2c1. The van der Waals surface area contributed by atoms with Crippen molar-refractivity contribution >= 4 is 22.5 Å². The molecule has 2 aromatic carbocycles. The molecular formula is C25H29N3O3. The Morgan fingerprint density at radius 1 is 1.13 bits per heavy atom. The van der Waals surface area contributed by atoms with Gasteiger partial charge in [0, 0.05) is 35.9 Å². The fourth-order valence-corrected chi connectivity index (χ4v) is 3.86. The number of hydrogen-bond acceptors (Lipinski definition) is 5. The Bertz CT molecular complexity index is 1060. The molecule has 1 atom stereocenters. The summed E-state index contributed by atoms with van der Waals surface area (Å²) >= 11 is 0. The lowest BCUT2D eigenvalue weighted by molar-refractivity contribution is -0.123. The van der Waals surface area contributed by atoms with E-state index >= 15 is 0 Å². The molecule has 1 aliphatic rings. The summed E-state index contributed by atoms with van der Waals surface area (Å²) in [6.07, 6.45) is 0. The largest absolute Gasteiger partial charge is 0.483 e. The maximum Gasteiger partial charge on any atom is 0.258 e. The van der Waals surface area contributed by atoms with Crippen molar-refractivity contribution in [3.8, 4) is 5.75 Å². The third kappa shape index (κ3) is 5.14. The number of morpholine rings is 1. The van der Waals surface area contributed by atoms with Gasteiger partial charge in [0.2, 0.25) is 0 Å². The van der Waals surface area contributed by atoms with Gasteiger partial charge in [0.1, 0.15) is 5.75 Å². The molecule has 162 valence electrons. The lowest BCUT2D eigenvalue weighted by atomic mass is 10.1. The number of amides is 1. The maximum absolute atomic E-state index is 12.5. The summed E-state index contributed by atoms with van der Waals surface area (Å²) in [5.41, 5.74) is 5.10. The number of benzene rings is 2. The van der Waals surface area contributed by atoms with E-state index in [9.17, 15) is 4.79 Å². The molecule has 4 rings (SSSR count).